The fourth-order valence-electron chi connectivity index (χ4n) is 8.11. The summed E-state index contributed by atoms with van der Waals surface area (Å²) in [5, 5.41) is 4.74. The minimum atomic E-state index is -0.0415. The molecule has 9 aromatic rings. The van der Waals surface area contributed by atoms with Gasteiger partial charge in [-0.3, -0.25) is 0 Å². The van der Waals surface area contributed by atoms with Crippen molar-refractivity contribution in [3.8, 4) is 34.4 Å². The fourth-order valence-corrected chi connectivity index (χ4v) is 8.11. The van der Waals surface area contributed by atoms with Crippen LogP contribution in [-0.2, 0) is 0 Å². The Balaban J connectivity index is 1.22. The topological polar surface area (TPSA) is 28.3 Å². The zero-order valence-corrected chi connectivity index (χ0v) is 25.2. The molecule has 0 spiro atoms. The van der Waals surface area contributed by atoms with Gasteiger partial charge >= 0.3 is 0 Å². The van der Waals surface area contributed by atoms with Crippen LogP contribution < -0.4 is 25.9 Å². The van der Waals surface area contributed by atoms with Crippen LogP contribution in [0.4, 0.5) is 0 Å². The summed E-state index contributed by atoms with van der Waals surface area (Å²) in [4.78, 5) is 0. The number of nitrogens with zero attached hydrogens (tertiary/aromatic N) is 2. The zero-order valence-electron chi connectivity index (χ0n) is 25.2. The second-order valence-electron chi connectivity index (χ2n) is 12.5. The highest BCUT2D eigenvalue weighted by Gasteiger charge is 2.41. The lowest BCUT2D eigenvalue weighted by Gasteiger charge is -2.33. The van der Waals surface area contributed by atoms with Crippen molar-refractivity contribution < 1.29 is 9.47 Å². The summed E-state index contributed by atoms with van der Waals surface area (Å²) in [6, 6.07) is 53.8. The van der Waals surface area contributed by atoms with Gasteiger partial charge in [0.1, 0.15) is 23.0 Å². The normalized spacial score (nSPS) is 13.0. The van der Waals surface area contributed by atoms with Crippen molar-refractivity contribution in [2.45, 2.75) is 0 Å². The Kier molecular flexibility index (Phi) is 4.89. The first-order valence-electron chi connectivity index (χ1n) is 16.1. The first-order valence-corrected chi connectivity index (χ1v) is 16.1. The highest BCUT2D eigenvalue weighted by molar-refractivity contribution is 6.98. The molecule has 47 heavy (non-hydrogen) atoms. The molecule has 218 valence electrons. The van der Waals surface area contributed by atoms with E-state index in [-0.39, 0.29) is 6.71 Å². The average molecular weight is 600 g/mol. The molecule has 2 aromatic heterocycles. The standard InChI is InChI=1S/C42H25BN2O2/c1-3-12-26(13-4-1)44-34-19-10-8-17-29(34)40-35(44)23-22-31-42(40)47-38-21-11-20-37-41(38)43(31)32-24-30-28-16-7-9-18-33(28)45(27-14-5-2-6-15-27)36(30)25-39(32)46-37/h1-25H. The van der Waals surface area contributed by atoms with Crippen LogP contribution >= 0.6 is 0 Å². The maximum atomic E-state index is 6.93. The number of rotatable bonds is 2. The van der Waals surface area contributed by atoms with Crippen molar-refractivity contribution in [1.82, 2.24) is 9.13 Å². The summed E-state index contributed by atoms with van der Waals surface area (Å²) in [5.41, 5.74) is 10.3. The molecule has 0 saturated heterocycles. The molecule has 0 amide bonds. The maximum Gasteiger partial charge on any atom is 0.260 e. The van der Waals surface area contributed by atoms with Crippen LogP contribution in [0.5, 0.6) is 23.0 Å². The van der Waals surface area contributed by atoms with Crippen LogP contribution in [0.25, 0.3) is 55.0 Å². The van der Waals surface area contributed by atoms with E-state index in [0.29, 0.717) is 0 Å². The Morgan fingerprint density at radius 3 is 1.77 bits per heavy atom. The molecule has 0 radical (unpaired) electrons. The lowest BCUT2D eigenvalue weighted by atomic mass is 9.34. The predicted octanol–water partition coefficient (Wildman–Crippen LogP) is 8.61. The van der Waals surface area contributed by atoms with Crippen molar-refractivity contribution in [2.24, 2.45) is 0 Å². The van der Waals surface area contributed by atoms with Gasteiger partial charge in [-0.05, 0) is 65.5 Å². The highest BCUT2D eigenvalue weighted by atomic mass is 16.5. The molecule has 4 nitrogen and oxygen atoms in total. The molecule has 0 N–H and O–H groups in total. The van der Waals surface area contributed by atoms with E-state index in [1.54, 1.807) is 0 Å². The molecule has 11 rings (SSSR count). The van der Waals surface area contributed by atoms with Crippen molar-refractivity contribution in [2.75, 3.05) is 0 Å². The Morgan fingerprint density at radius 1 is 0.404 bits per heavy atom. The molecule has 0 aliphatic carbocycles. The molecular weight excluding hydrogens is 575 g/mol. The molecule has 7 aromatic carbocycles. The summed E-state index contributed by atoms with van der Waals surface area (Å²) in [5.74, 6) is 3.50. The maximum absolute atomic E-state index is 6.93. The largest absolute Gasteiger partial charge is 0.458 e. The number of fused-ring (bicyclic) bond motifs is 11. The number of para-hydroxylation sites is 4. The third kappa shape index (κ3) is 3.32. The Labute approximate surface area is 270 Å². The highest BCUT2D eigenvalue weighted by Crippen LogP contribution is 2.43. The Hall–Kier alpha value is -6.20. The molecule has 2 aliphatic rings. The van der Waals surface area contributed by atoms with Gasteiger partial charge in [-0.25, -0.2) is 0 Å². The van der Waals surface area contributed by atoms with Crippen LogP contribution in [0.3, 0.4) is 0 Å². The smallest absolute Gasteiger partial charge is 0.260 e. The van der Waals surface area contributed by atoms with Gasteiger partial charge in [-0.1, -0.05) is 91.0 Å². The fraction of sp³-hybridized carbons (Fsp3) is 0. The molecular formula is C42H25BN2O2. The zero-order chi connectivity index (χ0) is 30.6. The van der Waals surface area contributed by atoms with E-state index in [1.807, 2.05) is 6.07 Å². The molecule has 0 saturated carbocycles. The third-order valence-electron chi connectivity index (χ3n) is 10.0. The van der Waals surface area contributed by atoms with Crippen molar-refractivity contribution in [1.29, 1.82) is 0 Å². The van der Waals surface area contributed by atoms with Gasteiger partial charge in [0.2, 0.25) is 0 Å². The summed E-state index contributed by atoms with van der Waals surface area (Å²) >= 11 is 0. The van der Waals surface area contributed by atoms with Gasteiger partial charge in [0.15, 0.2) is 0 Å². The van der Waals surface area contributed by atoms with E-state index in [0.717, 1.165) is 72.7 Å². The quantitative estimate of drug-likeness (QED) is 0.186. The van der Waals surface area contributed by atoms with Crippen molar-refractivity contribution in [3.05, 3.63) is 152 Å². The molecule has 0 fully saturated rings. The van der Waals surface area contributed by atoms with Crippen molar-refractivity contribution >= 4 is 66.7 Å². The van der Waals surface area contributed by atoms with Gasteiger partial charge < -0.3 is 18.6 Å². The van der Waals surface area contributed by atoms with Crippen LogP contribution in [0.15, 0.2) is 152 Å². The van der Waals surface area contributed by atoms with Crippen LogP contribution in [0.2, 0.25) is 0 Å². The Morgan fingerprint density at radius 2 is 1.02 bits per heavy atom. The number of hydrogen-bond acceptors (Lipinski definition) is 2. The van der Waals surface area contributed by atoms with E-state index in [9.17, 15) is 0 Å². The molecule has 2 aliphatic heterocycles. The predicted molar refractivity (Wildman–Crippen MR) is 193 cm³/mol. The van der Waals surface area contributed by atoms with Gasteiger partial charge in [0.25, 0.3) is 6.71 Å². The lowest BCUT2D eigenvalue weighted by Crippen LogP contribution is -2.57. The monoisotopic (exact) mass is 600 g/mol. The summed E-state index contributed by atoms with van der Waals surface area (Å²) in [6.07, 6.45) is 0. The van der Waals surface area contributed by atoms with Crippen LogP contribution in [0.1, 0.15) is 0 Å². The van der Waals surface area contributed by atoms with E-state index < -0.39 is 0 Å². The summed E-state index contributed by atoms with van der Waals surface area (Å²) < 4.78 is 18.4. The van der Waals surface area contributed by atoms with Gasteiger partial charge in [-0.15, -0.1) is 0 Å². The van der Waals surface area contributed by atoms with Gasteiger partial charge in [0.05, 0.1) is 27.5 Å². The SMILES string of the molecule is c1ccc(-n2c3ccccc3c3cc4c(cc32)Oc2cccc3c2B4c2ccc4c(c2O3)c2ccccc2n4-c2ccccc2)cc1. The van der Waals surface area contributed by atoms with E-state index in [1.165, 1.54) is 21.7 Å². The van der Waals surface area contributed by atoms with Crippen LogP contribution in [-0.4, -0.2) is 15.8 Å². The van der Waals surface area contributed by atoms with Gasteiger partial charge in [-0.2, -0.15) is 0 Å². The minimum Gasteiger partial charge on any atom is -0.458 e. The second kappa shape index (κ2) is 9.18. The average Bonchev–Trinajstić information content (AvgIpc) is 3.64. The molecule has 0 bridgehead atoms. The first-order chi connectivity index (χ1) is 23.3. The molecule has 0 atom stereocenters. The molecule has 0 unspecified atom stereocenters. The van der Waals surface area contributed by atoms with E-state index >= 15 is 0 Å². The van der Waals surface area contributed by atoms with E-state index in [4.69, 9.17) is 9.47 Å². The third-order valence-corrected chi connectivity index (χ3v) is 10.0. The number of ether oxygens (including phenoxy) is 2. The summed E-state index contributed by atoms with van der Waals surface area (Å²) in [6.45, 7) is -0.0415. The number of hydrogen-bond donors (Lipinski definition) is 0. The van der Waals surface area contributed by atoms with E-state index in [2.05, 4.69) is 155 Å². The Bertz CT molecular complexity index is 2700. The first kappa shape index (κ1) is 25.0. The second-order valence-corrected chi connectivity index (χ2v) is 12.5. The van der Waals surface area contributed by atoms with Gasteiger partial charge in [0, 0.05) is 39.1 Å². The van der Waals surface area contributed by atoms with Crippen LogP contribution in [0, 0.1) is 0 Å². The number of aromatic nitrogens is 2. The van der Waals surface area contributed by atoms with Crippen molar-refractivity contribution in [3.63, 3.8) is 0 Å². The lowest BCUT2D eigenvalue weighted by molar-refractivity contribution is 0.467. The number of benzene rings is 7. The molecule has 5 heteroatoms. The minimum absolute atomic E-state index is 0.0415. The summed E-state index contributed by atoms with van der Waals surface area (Å²) in [7, 11) is 0. The molecule has 4 heterocycles.